The largest absolute Gasteiger partial charge is 0.330 e. The fraction of sp³-hybridized carbons (Fsp3) is 0.529. The van der Waals surface area contributed by atoms with Gasteiger partial charge >= 0.3 is 0 Å². The molecule has 0 saturated heterocycles. The molecule has 0 radical (unpaired) electrons. The summed E-state index contributed by atoms with van der Waals surface area (Å²) in [6.07, 6.45) is 3.14. The van der Waals surface area contributed by atoms with E-state index in [1.165, 1.54) is 0 Å². The Bertz CT molecular complexity index is 673. The van der Waals surface area contributed by atoms with Crippen LogP contribution in [0.4, 0.5) is 0 Å². The first-order valence-electron chi connectivity index (χ1n) is 7.61. The highest BCUT2D eigenvalue weighted by atomic mass is 16.1. The Labute approximate surface area is 126 Å². The first-order chi connectivity index (χ1) is 9.94. The summed E-state index contributed by atoms with van der Waals surface area (Å²) >= 11 is 0. The molecule has 4 nitrogen and oxygen atoms in total. The van der Waals surface area contributed by atoms with Gasteiger partial charge in [0.15, 0.2) is 0 Å². The van der Waals surface area contributed by atoms with Crippen molar-refractivity contribution < 1.29 is 0 Å². The van der Waals surface area contributed by atoms with Crippen molar-refractivity contribution in [1.29, 1.82) is 0 Å². The molecule has 0 fully saturated rings. The van der Waals surface area contributed by atoms with Crippen LogP contribution in [0.3, 0.4) is 0 Å². The summed E-state index contributed by atoms with van der Waals surface area (Å²) in [5, 5.41) is 0. The first-order valence-corrected chi connectivity index (χ1v) is 7.61. The number of unbranched alkanes of at least 4 members (excludes halogenated alkanes) is 1. The van der Waals surface area contributed by atoms with Gasteiger partial charge in [-0.1, -0.05) is 32.4 Å². The highest BCUT2D eigenvalue weighted by molar-refractivity contribution is 5.74. The Hall–Kier alpha value is -1.68. The molecular weight excluding hydrogens is 262 g/mol. The van der Waals surface area contributed by atoms with Crippen LogP contribution in [-0.2, 0) is 6.54 Å². The lowest BCUT2D eigenvalue weighted by atomic mass is 9.87. The molecule has 0 spiro atoms. The maximum atomic E-state index is 12.3. The molecular formula is C17H25N3O. The summed E-state index contributed by atoms with van der Waals surface area (Å²) in [6, 6.07) is 7.82. The molecule has 2 rings (SSSR count). The van der Waals surface area contributed by atoms with Crippen molar-refractivity contribution in [3.63, 3.8) is 0 Å². The molecule has 0 amide bonds. The summed E-state index contributed by atoms with van der Waals surface area (Å²) < 4.78 is 1.85. The molecule has 4 heteroatoms. The van der Waals surface area contributed by atoms with E-state index in [-0.39, 0.29) is 11.0 Å². The molecule has 1 aromatic heterocycles. The summed E-state index contributed by atoms with van der Waals surface area (Å²) in [6.45, 7) is 7.59. The van der Waals surface area contributed by atoms with E-state index in [0.29, 0.717) is 12.2 Å². The van der Waals surface area contributed by atoms with Gasteiger partial charge in [-0.25, -0.2) is 4.98 Å². The lowest BCUT2D eigenvalue weighted by Gasteiger charge is -2.22. The number of para-hydroxylation sites is 2. The summed E-state index contributed by atoms with van der Waals surface area (Å²) in [5.74, 6) is 0. The normalized spacial score (nSPS) is 12.0. The van der Waals surface area contributed by atoms with Crippen molar-refractivity contribution in [3.8, 4) is 0 Å². The van der Waals surface area contributed by atoms with Crippen LogP contribution in [0.2, 0.25) is 0 Å². The lowest BCUT2D eigenvalue weighted by Crippen LogP contribution is -2.25. The minimum absolute atomic E-state index is 0.0202. The molecule has 0 aliphatic rings. The van der Waals surface area contributed by atoms with Gasteiger partial charge in [0, 0.05) is 6.54 Å². The van der Waals surface area contributed by atoms with Crippen molar-refractivity contribution in [1.82, 2.24) is 9.55 Å². The van der Waals surface area contributed by atoms with E-state index in [9.17, 15) is 4.79 Å². The minimum atomic E-state index is 0.0202. The Balaban J connectivity index is 2.15. The van der Waals surface area contributed by atoms with Gasteiger partial charge in [0.05, 0.1) is 11.0 Å². The van der Waals surface area contributed by atoms with E-state index in [4.69, 9.17) is 5.73 Å². The third kappa shape index (κ3) is 3.70. The molecule has 21 heavy (non-hydrogen) atoms. The maximum Gasteiger partial charge on any atom is 0.272 e. The van der Waals surface area contributed by atoms with Gasteiger partial charge in [0.25, 0.3) is 5.56 Å². The van der Waals surface area contributed by atoms with Crippen LogP contribution in [0.5, 0.6) is 0 Å². The second kappa shape index (κ2) is 6.39. The van der Waals surface area contributed by atoms with Crippen molar-refractivity contribution in [2.45, 2.75) is 46.6 Å². The molecule has 1 heterocycles. The molecule has 0 unspecified atom stereocenters. The van der Waals surface area contributed by atoms with Gasteiger partial charge in [-0.2, -0.15) is 0 Å². The van der Waals surface area contributed by atoms with Crippen LogP contribution in [0.25, 0.3) is 11.0 Å². The summed E-state index contributed by atoms with van der Waals surface area (Å²) in [5.41, 5.74) is 8.33. The van der Waals surface area contributed by atoms with Crippen LogP contribution in [0.1, 0.15) is 38.8 Å². The third-order valence-electron chi connectivity index (χ3n) is 4.05. The van der Waals surface area contributed by atoms with Crippen LogP contribution in [0, 0.1) is 12.3 Å². The van der Waals surface area contributed by atoms with E-state index >= 15 is 0 Å². The average molecular weight is 287 g/mol. The molecule has 0 bridgehead atoms. The number of rotatable bonds is 6. The molecule has 0 aliphatic carbocycles. The van der Waals surface area contributed by atoms with Crippen molar-refractivity contribution in [2.75, 3.05) is 6.54 Å². The Kier molecular flexibility index (Phi) is 4.78. The molecule has 0 aliphatic heterocycles. The van der Waals surface area contributed by atoms with Gasteiger partial charge < -0.3 is 10.3 Å². The van der Waals surface area contributed by atoms with Gasteiger partial charge in [0.2, 0.25) is 0 Å². The van der Waals surface area contributed by atoms with Crippen LogP contribution in [0.15, 0.2) is 29.1 Å². The Morgan fingerprint density at radius 3 is 2.67 bits per heavy atom. The number of hydrogen-bond acceptors (Lipinski definition) is 3. The fourth-order valence-corrected chi connectivity index (χ4v) is 2.52. The van der Waals surface area contributed by atoms with Crippen molar-refractivity contribution >= 4 is 11.0 Å². The summed E-state index contributed by atoms with van der Waals surface area (Å²) in [4.78, 5) is 16.7. The third-order valence-corrected chi connectivity index (χ3v) is 4.05. The molecule has 2 aromatic rings. The zero-order valence-electron chi connectivity index (χ0n) is 13.2. The van der Waals surface area contributed by atoms with E-state index in [0.717, 1.165) is 36.8 Å². The van der Waals surface area contributed by atoms with Crippen molar-refractivity contribution in [2.24, 2.45) is 11.1 Å². The lowest BCUT2D eigenvalue weighted by molar-refractivity contribution is 0.329. The van der Waals surface area contributed by atoms with E-state index in [1.807, 2.05) is 28.8 Å². The number of hydrogen-bond donors (Lipinski definition) is 1. The van der Waals surface area contributed by atoms with Crippen LogP contribution < -0.4 is 11.3 Å². The highest BCUT2D eigenvalue weighted by Crippen LogP contribution is 2.21. The second-order valence-electron chi connectivity index (χ2n) is 6.47. The molecule has 0 saturated carbocycles. The predicted molar refractivity (Wildman–Crippen MR) is 87.4 cm³/mol. The number of fused-ring (bicyclic) bond motifs is 1. The molecule has 0 atom stereocenters. The first kappa shape index (κ1) is 15.7. The Morgan fingerprint density at radius 2 is 1.95 bits per heavy atom. The molecule has 114 valence electrons. The molecule has 2 N–H and O–H groups in total. The van der Waals surface area contributed by atoms with Gasteiger partial charge in [-0.05, 0) is 43.9 Å². The summed E-state index contributed by atoms with van der Waals surface area (Å²) in [7, 11) is 0. The van der Waals surface area contributed by atoms with Gasteiger partial charge in [-0.3, -0.25) is 4.79 Å². The Morgan fingerprint density at radius 1 is 1.24 bits per heavy atom. The SMILES string of the molecule is Cc1nc2ccccc2n(CCCCC(C)(C)CN)c1=O. The molecule has 1 aromatic carbocycles. The number of aromatic nitrogens is 2. The fourth-order valence-electron chi connectivity index (χ4n) is 2.52. The van der Waals surface area contributed by atoms with Crippen molar-refractivity contribution in [3.05, 3.63) is 40.3 Å². The topological polar surface area (TPSA) is 60.9 Å². The van der Waals surface area contributed by atoms with Gasteiger partial charge in [-0.15, -0.1) is 0 Å². The highest BCUT2D eigenvalue weighted by Gasteiger charge is 2.14. The number of nitrogens with two attached hydrogens (primary N) is 1. The zero-order chi connectivity index (χ0) is 15.5. The zero-order valence-corrected chi connectivity index (χ0v) is 13.2. The minimum Gasteiger partial charge on any atom is -0.330 e. The number of nitrogens with zero attached hydrogens (tertiary/aromatic N) is 2. The quantitative estimate of drug-likeness (QED) is 0.831. The van der Waals surface area contributed by atoms with E-state index < -0.39 is 0 Å². The van der Waals surface area contributed by atoms with Crippen LogP contribution in [-0.4, -0.2) is 16.1 Å². The number of aryl methyl sites for hydroxylation is 2. The van der Waals surface area contributed by atoms with E-state index in [1.54, 1.807) is 6.92 Å². The number of benzene rings is 1. The van der Waals surface area contributed by atoms with Gasteiger partial charge in [0.1, 0.15) is 5.69 Å². The standard InChI is InChI=1S/C17H25N3O/c1-13-16(21)20(11-7-6-10-17(2,3)12-18)15-9-5-4-8-14(15)19-13/h4-5,8-9H,6-7,10-12,18H2,1-3H3. The average Bonchev–Trinajstić information content (AvgIpc) is 2.47. The maximum absolute atomic E-state index is 12.3. The second-order valence-corrected chi connectivity index (χ2v) is 6.47. The predicted octanol–water partition coefficient (Wildman–Crippen LogP) is 2.86. The van der Waals surface area contributed by atoms with Crippen LogP contribution >= 0.6 is 0 Å². The smallest absolute Gasteiger partial charge is 0.272 e. The van der Waals surface area contributed by atoms with E-state index in [2.05, 4.69) is 18.8 Å². The monoisotopic (exact) mass is 287 g/mol.